The number of hydrogen-bond acceptors (Lipinski definition) is 5. The first kappa shape index (κ1) is 14.4. The zero-order valence-corrected chi connectivity index (χ0v) is 12.8. The fourth-order valence-electron chi connectivity index (χ4n) is 1.83. The fourth-order valence-corrected chi connectivity index (χ4v) is 4.52. The van der Waals surface area contributed by atoms with Gasteiger partial charge in [0.1, 0.15) is 11.9 Å². The number of benzene rings is 1. The Morgan fingerprint density at radius 3 is 2.47 bits per heavy atom. The maximum absolute atomic E-state index is 12.5. The molecule has 0 spiro atoms. The second-order valence-electron chi connectivity index (χ2n) is 4.44. The van der Waals surface area contributed by atoms with Gasteiger partial charge >= 0.3 is 0 Å². The molecule has 1 heterocycles. The van der Waals surface area contributed by atoms with E-state index in [2.05, 4.69) is 4.99 Å². The van der Waals surface area contributed by atoms with E-state index in [1.165, 1.54) is 16.1 Å². The molecule has 1 aliphatic rings. The number of thioether (sulfide) groups is 1. The summed E-state index contributed by atoms with van der Waals surface area (Å²) in [5.74, 6) is -0.00104. The number of nitrogens with zero attached hydrogens (tertiary/aromatic N) is 3. The zero-order valence-electron chi connectivity index (χ0n) is 11.1. The van der Waals surface area contributed by atoms with Crippen LogP contribution in [-0.4, -0.2) is 50.8 Å². The van der Waals surface area contributed by atoms with E-state index in [4.69, 9.17) is 0 Å². The first-order chi connectivity index (χ1) is 8.95. The molecule has 7 heteroatoms. The molecule has 104 valence electrons. The van der Waals surface area contributed by atoms with Crippen LogP contribution in [-0.2, 0) is 10.0 Å². The van der Waals surface area contributed by atoms with Crippen LogP contribution < -0.4 is 4.31 Å². The Morgan fingerprint density at radius 1 is 1.32 bits per heavy atom. The molecule has 1 unspecified atom stereocenters. The van der Waals surface area contributed by atoms with Crippen LogP contribution in [0.5, 0.6) is 0 Å². The van der Waals surface area contributed by atoms with Gasteiger partial charge in [-0.3, -0.25) is 4.90 Å². The minimum atomic E-state index is -3.39. The Morgan fingerprint density at radius 2 is 1.95 bits per heavy atom. The Hall–Kier alpha value is -1.05. The molecule has 19 heavy (non-hydrogen) atoms. The van der Waals surface area contributed by atoms with Gasteiger partial charge in [0, 0.05) is 0 Å². The summed E-state index contributed by atoms with van der Waals surface area (Å²) in [7, 11) is 0.274. The maximum atomic E-state index is 12.5. The number of rotatable bonds is 2. The van der Waals surface area contributed by atoms with Crippen molar-refractivity contribution in [1.29, 1.82) is 0 Å². The first-order valence-electron chi connectivity index (χ1n) is 5.82. The highest BCUT2D eigenvalue weighted by molar-refractivity contribution is 8.15. The molecule has 1 atom stereocenters. The summed E-state index contributed by atoms with van der Waals surface area (Å²) in [6.45, 7) is 0. The second-order valence-corrected chi connectivity index (χ2v) is 7.07. The topological polar surface area (TPSA) is 53.0 Å². The molecule has 0 fully saturated rings. The van der Waals surface area contributed by atoms with Gasteiger partial charge in [-0.1, -0.05) is 30.0 Å². The number of aliphatic imine (C=N–C) groups is 1. The zero-order chi connectivity index (χ0) is 14.0. The smallest absolute Gasteiger partial charge is 0.244 e. The van der Waals surface area contributed by atoms with Crippen molar-refractivity contribution in [3.05, 3.63) is 30.3 Å². The maximum Gasteiger partial charge on any atom is 0.244 e. The van der Waals surface area contributed by atoms with Gasteiger partial charge in [-0.2, -0.15) is 0 Å². The van der Waals surface area contributed by atoms with Crippen LogP contribution in [0.4, 0.5) is 5.69 Å². The van der Waals surface area contributed by atoms with E-state index in [0.29, 0.717) is 10.9 Å². The van der Waals surface area contributed by atoms with Gasteiger partial charge in [-0.25, -0.2) is 17.7 Å². The van der Waals surface area contributed by atoms with E-state index in [-0.39, 0.29) is 11.9 Å². The van der Waals surface area contributed by atoms with E-state index in [0.717, 1.165) is 0 Å². The fraction of sp³-hybridized carbons (Fsp3) is 0.417. The number of anilines is 1. The first-order valence-corrected chi connectivity index (χ1v) is 8.65. The minimum Gasteiger partial charge on any atom is -0.287 e. The standard InChI is InChI=1S/C12H17N3O2S2/c1-14(2)11-9-19(16,17)15(12(13-11)18-3)10-7-5-4-6-8-10/h4-8,11H,9H2,1-3H3. The number of para-hydroxylation sites is 1. The van der Waals surface area contributed by atoms with Gasteiger partial charge in [0.05, 0.1) is 5.69 Å². The lowest BCUT2D eigenvalue weighted by Gasteiger charge is -2.33. The monoisotopic (exact) mass is 299 g/mol. The molecule has 0 aromatic heterocycles. The molecule has 0 saturated carbocycles. The molecule has 1 aromatic carbocycles. The van der Waals surface area contributed by atoms with Crippen LogP contribution in [0.25, 0.3) is 0 Å². The van der Waals surface area contributed by atoms with E-state index in [1.54, 1.807) is 12.1 Å². The summed E-state index contributed by atoms with van der Waals surface area (Å²) >= 11 is 1.34. The summed E-state index contributed by atoms with van der Waals surface area (Å²) in [6, 6.07) is 9.05. The van der Waals surface area contributed by atoms with Gasteiger partial charge in [-0.05, 0) is 32.5 Å². The lowest BCUT2D eigenvalue weighted by molar-refractivity contribution is 0.323. The van der Waals surface area contributed by atoms with Gasteiger partial charge in [0.2, 0.25) is 10.0 Å². The molecule has 0 bridgehead atoms. The lowest BCUT2D eigenvalue weighted by Crippen LogP contribution is -2.48. The van der Waals surface area contributed by atoms with Crippen LogP contribution in [0.2, 0.25) is 0 Å². The van der Waals surface area contributed by atoms with E-state index >= 15 is 0 Å². The summed E-state index contributed by atoms with van der Waals surface area (Å²) in [5.41, 5.74) is 0.632. The molecular weight excluding hydrogens is 282 g/mol. The molecule has 0 radical (unpaired) electrons. The minimum absolute atomic E-state index is 0.00104. The van der Waals surface area contributed by atoms with Crippen molar-refractivity contribution in [2.45, 2.75) is 6.17 Å². The van der Waals surface area contributed by atoms with Crippen LogP contribution in [0.3, 0.4) is 0 Å². The second kappa shape index (κ2) is 5.52. The lowest BCUT2D eigenvalue weighted by atomic mass is 10.3. The largest absolute Gasteiger partial charge is 0.287 e. The van der Waals surface area contributed by atoms with Crippen molar-refractivity contribution in [2.24, 2.45) is 4.99 Å². The van der Waals surface area contributed by atoms with Crippen molar-refractivity contribution in [3.8, 4) is 0 Å². The average Bonchev–Trinajstić information content (AvgIpc) is 2.37. The SMILES string of the molecule is CSC1=NC(N(C)C)CS(=O)(=O)N1c1ccccc1. The van der Waals surface area contributed by atoms with Crippen molar-refractivity contribution in [1.82, 2.24) is 4.90 Å². The predicted molar refractivity (Wildman–Crippen MR) is 81.1 cm³/mol. The molecule has 2 rings (SSSR count). The normalized spacial score (nSPS) is 22.4. The molecule has 0 aliphatic carbocycles. The van der Waals surface area contributed by atoms with Crippen LogP contribution in [0.1, 0.15) is 0 Å². The van der Waals surface area contributed by atoms with Crippen molar-refractivity contribution < 1.29 is 8.42 Å². The number of hydrogen-bond donors (Lipinski definition) is 0. The van der Waals surface area contributed by atoms with Gasteiger partial charge in [0.25, 0.3) is 0 Å². The summed E-state index contributed by atoms with van der Waals surface area (Å²) < 4.78 is 26.3. The third kappa shape index (κ3) is 2.93. The quantitative estimate of drug-likeness (QED) is 0.829. The molecule has 0 N–H and O–H groups in total. The van der Waals surface area contributed by atoms with E-state index in [9.17, 15) is 8.42 Å². The van der Waals surface area contributed by atoms with Gasteiger partial charge < -0.3 is 0 Å². The summed E-state index contributed by atoms with van der Waals surface area (Å²) in [4.78, 5) is 6.32. The molecule has 1 aliphatic heterocycles. The summed E-state index contributed by atoms with van der Waals surface area (Å²) in [5, 5.41) is 0.510. The van der Waals surface area contributed by atoms with Crippen LogP contribution in [0, 0.1) is 0 Å². The van der Waals surface area contributed by atoms with E-state index < -0.39 is 10.0 Å². The van der Waals surface area contributed by atoms with Gasteiger partial charge in [0.15, 0.2) is 5.17 Å². The average molecular weight is 299 g/mol. The molecular formula is C12H17N3O2S2. The highest BCUT2D eigenvalue weighted by Crippen LogP contribution is 2.27. The third-order valence-electron chi connectivity index (χ3n) is 2.84. The Labute approximate surface area is 118 Å². The Balaban J connectivity index is 2.50. The predicted octanol–water partition coefficient (Wildman–Crippen LogP) is 1.44. The van der Waals surface area contributed by atoms with Crippen molar-refractivity contribution in [3.63, 3.8) is 0 Å². The van der Waals surface area contributed by atoms with Crippen LogP contribution >= 0.6 is 11.8 Å². The van der Waals surface area contributed by atoms with Crippen LogP contribution in [0.15, 0.2) is 35.3 Å². The highest BCUT2D eigenvalue weighted by atomic mass is 32.2. The van der Waals surface area contributed by atoms with Crippen molar-refractivity contribution >= 4 is 32.6 Å². The molecule has 5 nitrogen and oxygen atoms in total. The Kier molecular flexibility index (Phi) is 4.17. The number of amidine groups is 1. The highest BCUT2D eigenvalue weighted by Gasteiger charge is 2.35. The molecule has 1 aromatic rings. The molecule has 0 saturated heterocycles. The third-order valence-corrected chi connectivity index (χ3v) is 5.27. The van der Waals surface area contributed by atoms with Gasteiger partial charge in [-0.15, -0.1) is 0 Å². The molecule has 0 amide bonds. The van der Waals surface area contributed by atoms with Crippen molar-refractivity contribution in [2.75, 3.05) is 30.4 Å². The Bertz CT molecular complexity index is 570. The summed E-state index contributed by atoms with van der Waals surface area (Å²) in [6.07, 6.45) is 1.51. The number of sulfonamides is 1. The van der Waals surface area contributed by atoms with E-state index in [1.807, 2.05) is 43.5 Å².